The number of para-hydroxylation sites is 1. The Morgan fingerprint density at radius 2 is 2.04 bits per heavy atom. The average Bonchev–Trinajstić information content (AvgIpc) is 2.57. The van der Waals surface area contributed by atoms with Crippen molar-refractivity contribution in [1.82, 2.24) is 4.90 Å². The van der Waals surface area contributed by atoms with Crippen molar-refractivity contribution in [3.05, 3.63) is 58.9 Å². The van der Waals surface area contributed by atoms with Crippen molar-refractivity contribution in [2.75, 3.05) is 26.0 Å². The van der Waals surface area contributed by atoms with E-state index in [9.17, 15) is 9.18 Å². The highest BCUT2D eigenvalue weighted by atomic mass is 35.5. The van der Waals surface area contributed by atoms with E-state index in [0.29, 0.717) is 0 Å². The average molecular weight is 365 g/mol. The van der Waals surface area contributed by atoms with Crippen molar-refractivity contribution in [3.8, 4) is 5.75 Å². The summed E-state index contributed by atoms with van der Waals surface area (Å²) >= 11 is 5.71. The smallest absolute Gasteiger partial charge is 0.238 e. The van der Waals surface area contributed by atoms with E-state index >= 15 is 0 Å². The standard InChI is InChI=1S/C19H22ClFN2O2/c1-13(10-14-6-4-5-7-18(14)25-3)23(2)12-19(24)22-17-9-8-15(20)11-16(17)21/h4-9,11,13H,10,12H2,1-3H3,(H,22,24)/t13-/m0/s1. The molecule has 0 bridgehead atoms. The molecule has 2 rings (SSSR count). The maximum atomic E-state index is 13.8. The molecule has 0 unspecified atom stereocenters. The molecule has 0 aliphatic heterocycles. The van der Waals surface area contributed by atoms with E-state index in [0.717, 1.165) is 17.7 Å². The summed E-state index contributed by atoms with van der Waals surface area (Å²) in [5.41, 5.74) is 1.20. The van der Waals surface area contributed by atoms with Crippen LogP contribution in [0.2, 0.25) is 5.02 Å². The van der Waals surface area contributed by atoms with Gasteiger partial charge in [-0.3, -0.25) is 9.69 Å². The maximum absolute atomic E-state index is 13.8. The predicted molar refractivity (Wildman–Crippen MR) is 98.8 cm³/mol. The molecule has 0 aromatic heterocycles. The molecule has 0 radical (unpaired) electrons. The van der Waals surface area contributed by atoms with Crippen molar-refractivity contribution in [3.63, 3.8) is 0 Å². The molecule has 25 heavy (non-hydrogen) atoms. The van der Waals surface area contributed by atoms with Crippen LogP contribution < -0.4 is 10.1 Å². The Hall–Kier alpha value is -2.11. The molecular weight excluding hydrogens is 343 g/mol. The largest absolute Gasteiger partial charge is 0.496 e. The molecule has 4 nitrogen and oxygen atoms in total. The van der Waals surface area contributed by atoms with Crippen LogP contribution in [0.25, 0.3) is 0 Å². The molecule has 0 aliphatic rings. The molecule has 0 saturated carbocycles. The zero-order valence-electron chi connectivity index (χ0n) is 14.6. The number of hydrogen-bond acceptors (Lipinski definition) is 3. The first-order valence-corrected chi connectivity index (χ1v) is 8.35. The third kappa shape index (κ3) is 5.44. The quantitative estimate of drug-likeness (QED) is 0.807. The number of benzene rings is 2. The molecule has 1 amide bonds. The molecule has 2 aromatic rings. The van der Waals surface area contributed by atoms with E-state index in [2.05, 4.69) is 5.32 Å². The van der Waals surface area contributed by atoms with Crippen molar-refractivity contribution in [2.45, 2.75) is 19.4 Å². The lowest BCUT2D eigenvalue weighted by Crippen LogP contribution is -2.37. The molecule has 0 heterocycles. The van der Waals surface area contributed by atoms with E-state index in [1.807, 2.05) is 43.1 Å². The van der Waals surface area contributed by atoms with Crippen molar-refractivity contribution < 1.29 is 13.9 Å². The van der Waals surface area contributed by atoms with Crippen LogP contribution in [-0.2, 0) is 11.2 Å². The maximum Gasteiger partial charge on any atom is 0.238 e. The zero-order valence-corrected chi connectivity index (χ0v) is 15.3. The highest BCUT2D eigenvalue weighted by Crippen LogP contribution is 2.21. The second-order valence-electron chi connectivity index (χ2n) is 5.95. The van der Waals surface area contributed by atoms with Gasteiger partial charge in [0.25, 0.3) is 0 Å². The van der Waals surface area contributed by atoms with Crippen molar-refractivity contribution >= 4 is 23.2 Å². The molecule has 0 fully saturated rings. The number of nitrogens with zero attached hydrogens (tertiary/aromatic N) is 1. The summed E-state index contributed by atoms with van der Waals surface area (Å²) in [4.78, 5) is 14.1. The van der Waals surface area contributed by atoms with Gasteiger partial charge in [-0.1, -0.05) is 29.8 Å². The number of carbonyl (C=O) groups is 1. The van der Waals surface area contributed by atoms with Crippen molar-refractivity contribution in [1.29, 1.82) is 0 Å². The Morgan fingerprint density at radius 1 is 1.32 bits per heavy atom. The number of ether oxygens (including phenoxy) is 1. The summed E-state index contributed by atoms with van der Waals surface area (Å²) in [6.45, 7) is 2.18. The number of methoxy groups -OCH3 is 1. The van der Waals surface area contributed by atoms with Crippen LogP contribution >= 0.6 is 11.6 Å². The Labute approximate surface area is 152 Å². The number of carbonyl (C=O) groups excluding carboxylic acids is 1. The van der Waals surface area contributed by atoms with Gasteiger partial charge in [0.2, 0.25) is 5.91 Å². The van der Waals surface area contributed by atoms with Crippen LogP contribution in [0, 0.1) is 5.82 Å². The monoisotopic (exact) mass is 364 g/mol. The lowest BCUT2D eigenvalue weighted by atomic mass is 10.1. The second-order valence-corrected chi connectivity index (χ2v) is 6.39. The van der Waals surface area contributed by atoms with Gasteiger partial charge in [-0.2, -0.15) is 0 Å². The fourth-order valence-corrected chi connectivity index (χ4v) is 2.67. The molecule has 6 heteroatoms. The van der Waals surface area contributed by atoms with E-state index in [1.54, 1.807) is 7.11 Å². The summed E-state index contributed by atoms with van der Waals surface area (Å²) < 4.78 is 19.1. The molecule has 0 saturated heterocycles. The number of hydrogen-bond donors (Lipinski definition) is 1. The Morgan fingerprint density at radius 3 is 2.72 bits per heavy atom. The van der Waals surface area contributed by atoms with Crippen LogP contribution in [0.3, 0.4) is 0 Å². The summed E-state index contributed by atoms with van der Waals surface area (Å²) in [6, 6.07) is 12.1. The minimum atomic E-state index is -0.550. The number of halogens is 2. The minimum Gasteiger partial charge on any atom is -0.496 e. The highest BCUT2D eigenvalue weighted by molar-refractivity contribution is 6.30. The molecule has 2 aromatic carbocycles. The van der Waals surface area contributed by atoms with Gasteiger partial charge in [-0.25, -0.2) is 4.39 Å². The van der Waals surface area contributed by atoms with Gasteiger partial charge in [0.15, 0.2) is 0 Å². The van der Waals surface area contributed by atoms with E-state index in [4.69, 9.17) is 16.3 Å². The van der Waals surface area contributed by atoms with Gasteiger partial charge in [0, 0.05) is 11.1 Å². The Balaban J connectivity index is 1.93. The summed E-state index contributed by atoms with van der Waals surface area (Å²) in [5, 5.41) is 2.86. The fraction of sp³-hybridized carbons (Fsp3) is 0.316. The number of rotatable bonds is 7. The molecule has 0 spiro atoms. The second kappa shape index (κ2) is 8.83. The number of anilines is 1. The predicted octanol–water partition coefficient (Wildman–Crippen LogP) is 3.99. The number of nitrogens with one attached hydrogen (secondary N) is 1. The molecule has 1 N–H and O–H groups in total. The van der Waals surface area contributed by atoms with E-state index < -0.39 is 5.82 Å². The molecule has 134 valence electrons. The van der Waals surface area contributed by atoms with Gasteiger partial charge in [-0.05, 0) is 50.2 Å². The number of likely N-dealkylation sites (N-methyl/N-ethyl adjacent to an activating group) is 1. The van der Waals surface area contributed by atoms with E-state index in [1.165, 1.54) is 18.2 Å². The van der Waals surface area contributed by atoms with Crippen LogP contribution in [-0.4, -0.2) is 37.6 Å². The zero-order chi connectivity index (χ0) is 18.4. The van der Waals surface area contributed by atoms with E-state index in [-0.39, 0.29) is 29.2 Å². The van der Waals surface area contributed by atoms with Gasteiger partial charge < -0.3 is 10.1 Å². The Kier molecular flexibility index (Phi) is 6.79. The van der Waals surface area contributed by atoms with Gasteiger partial charge in [0.1, 0.15) is 11.6 Å². The Bertz CT molecular complexity index is 739. The first kappa shape index (κ1) is 19.2. The topological polar surface area (TPSA) is 41.6 Å². The van der Waals surface area contributed by atoms with Gasteiger partial charge in [-0.15, -0.1) is 0 Å². The fourth-order valence-electron chi connectivity index (χ4n) is 2.51. The third-order valence-corrected chi connectivity index (χ3v) is 4.29. The van der Waals surface area contributed by atoms with Crippen molar-refractivity contribution in [2.24, 2.45) is 0 Å². The normalized spacial score (nSPS) is 12.1. The first-order valence-electron chi connectivity index (χ1n) is 7.97. The molecule has 1 atom stereocenters. The van der Waals surface area contributed by atoms with Gasteiger partial charge >= 0.3 is 0 Å². The molecular formula is C19H22ClFN2O2. The summed E-state index contributed by atoms with van der Waals surface area (Å²) in [7, 11) is 3.50. The SMILES string of the molecule is COc1ccccc1C[C@H](C)N(C)CC(=O)Nc1ccc(Cl)cc1F. The third-order valence-electron chi connectivity index (χ3n) is 4.06. The van der Waals surface area contributed by atoms with Crippen LogP contribution in [0.4, 0.5) is 10.1 Å². The van der Waals surface area contributed by atoms with Gasteiger partial charge in [0.05, 0.1) is 19.3 Å². The first-order chi connectivity index (χ1) is 11.9. The van der Waals surface area contributed by atoms with Crippen LogP contribution in [0.15, 0.2) is 42.5 Å². The minimum absolute atomic E-state index is 0.108. The highest BCUT2D eigenvalue weighted by Gasteiger charge is 2.16. The summed E-state index contributed by atoms with van der Waals surface area (Å²) in [6.07, 6.45) is 0.739. The lowest BCUT2D eigenvalue weighted by molar-refractivity contribution is -0.117. The number of amides is 1. The summed E-state index contributed by atoms with van der Waals surface area (Å²) in [5.74, 6) is -0.00314. The van der Waals surface area contributed by atoms with Crippen LogP contribution in [0.1, 0.15) is 12.5 Å². The molecule has 0 aliphatic carbocycles. The van der Waals surface area contributed by atoms with Crippen LogP contribution in [0.5, 0.6) is 5.75 Å². The lowest BCUT2D eigenvalue weighted by Gasteiger charge is -2.25.